The lowest BCUT2D eigenvalue weighted by atomic mass is 9.95. The number of carbonyl (C=O) groups excluding carboxylic acids is 1. The molecule has 0 aliphatic heterocycles. The molecule has 2 atom stereocenters. The van der Waals surface area contributed by atoms with Gasteiger partial charge in [0.2, 0.25) is 5.91 Å². The van der Waals surface area contributed by atoms with Crippen molar-refractivity contribution in [3.63, 3.8) is 0 Å². The molecule has 34 heavy (non-hydrogen) atoms. The molecular formula is C26H26ClF3N2O2. The minimum Gasteiger partial charge on any atom is -0.495 e. The number of ether oxygens (including phenoxy) is 1. The third kappa shape index (κ3) is 6.52. The molecule has 8 heteroatoms. The van der Waals surface area contributed by atoms with Crippen LogP contribution < -0.4 is 15.4 Å². The van der Waals surface area contributed by atoms with Gasteiger partial charge in [-0.1, -0.05) is 60.1 Å². The normalized spacial score (nSPS) is 13.2. The third-order valence-electron chi connectivity index (χ3n) is 5.59. The van der Waals surface area contributed by atoms with E-state index in [0.29, 0.717) is 23.6 Å². The molecule has 0 spiro atoms. The summed E-state index contributed by atoms with van der Waals surface area (Å²) in [6.07, 6.45) is -3.36. The molecular weight excluding hydrogens is 465 g/mol. The van der Waals surface area contributed by atoms with Crippen LogP contribution >= 0.6 is 11.6 Å². The Bertz CT molecular complexity index is 1090. The average Bonchev–Trinajstić information content (AvgIpc) is 2.84. The van der Waals surface area contributed by atoms with Crippen molar-refractivity contribution in [2.75, 3.05) is 14.2 Å². The van der Waals surface area contributed by atoms with Gasteiger partial charge in [-0.3, -0.25) is 10.1 Å². The zero-order valence-electron chi connectivity index (χ0n) is 18.8. The van der Waals surface area contributed by atoms with E-state index < -0.39 is 17.8 Å². The minimum absolute atomic E-state index is 0.202. The highest BCUT2D eigenvalue weighted by molar-refractivity contribution is 6.32. The number of nitrogens with one attached hydrogen (secondary N) is 2. The summed E-state index contributed by atoms with van der Waals surface area (Å²) in [5.41, 5.74) is 1.72. The van der Waals surface area contributed by atoms with Gasteiger partial charge in [0.25, 0.3) is 0 Å². The molecule has 0 saturated carbocycles. The van der Waals surface area contributed by atoms with Gasteiger partial charge < -0.3 is 10.1 Å². The van der Waals surface area contributed by atoms with E-state index in [1.807, 2.05) is 36.4 Å². The summed E-state index contributed by atoms with van der Waals surface area (Å²) in [5.74, 6) is 0.295. The van der Waals surface area contributed by atoms with Crippen LogP contribution in [-0.2, 0) is 17.4 Å². The van der Waals surface area contributed by atoms with Gasteiger partial charge in [0.05, 0.1) is 17.7 Å². The Kier molecular flexibility index (Phi) is 8.58. The number of hydrogen-bond acceptors (Lipinski definition) is 3. The molecule has 2 N–H and O–H groups in total. The van der Waals surface area contributed by atoms with Crippen LogP contribution in [0.5, 0.6) is 5.75 Å². The van der Waals surface area contributed by atoms with Crippen LogP contribution in [0.1, 0.15) is 40.8 Å². The van der Waals surface area contributed by atoms with E-state index in [9.17, 15) is 18.0 Å². The van der Waals surface area contributed by atoms with Gasteiger partial charge in [0.1, 0.15) is 11.8 Å². The van der Waals surface area contributed by atoms with Gasteiger partial charge >= 0.3 is 6.18 Å². The first-order valence-corrected chi connectivity index (χ1v) is 11.1. The first-order chi connectivity index (χ1) is 16.2. The van der Waals surface area contributed by atoms with Crippen LogP contribution in [0.15, 0.2) is 72.8 Å². The van der Waals surface area contributed by atoms with Gasteiger partial charge in [-0.25, -0.2) is 0 Å². The van der Waals surface area contributed by atoms with Crippen LogP contribution in [0.3, 0.4) is 0 Å². The molecule has 4 nitrogen and oxygen atoms in total. The van der Waals surface area contributed by atoms with Gasteiger partial charge in [-0.15, -0.1) is 0 Å². The minimum atomic E-state index is -4.38. The molecule has 180 valence electrons. The highest BCUT2D eigenvalue weighted by atomic mass is 35.5. The zero-order valence-corrected chi connectivity index (χ0v) is 19.6. The van der Waals surface area contributed by atoms with Gasteiger partial charge in [-0.2, -0.15) is 13.2 Å². The molecule has 1 amide bonds. The third-order valence-corrected chi connectivity index (χ3v) is 5.90. The van der Waals surface area contributed by atoms with Crippen molar-refractivity contribution in [1.82, 2.24) is 10.6 Å². The van der Waals surface area contributed by atoms with E-state index in [0.717, 1.165) is 28.8 Å². The van der Waals surface area contributed by atoms with E-state index in [1.165, 1.54) is 19.2 Å². The summed E-state index contributed by atoms with van der Waals surface area (Å²) in [4.78, 5) is 12.7. The second-order valence-electron chi connectivity index (χ2n) is 7.80. The van der Waals surface area contributed by atoms with Crippen molar-refractivity contribution in [1.29, 1.82) is 0 Å². The smallest absolute Gasteiger partial charge is 0.416 e. The molecule has 0 aromatic heterocycles. The summed E-state index contributed by atoms with van der Waals surface area (Å²) in [6, 6.07) is 18.9. The Balaban J connectivity index is 1.89. The van der Waals surface area contributed by atoms with E-state index in [-0.39, 0.29) is 11.9 Å². The predicted octanol–water partition coefficient (Wildman–Crippen LogP) is 6.12. The lowest BCUT2D eigenvalue weighted by Crippen LogP contribution is -2.38. The average molecular weight is 491 g/mol. The number of hydrogen-bond donors (Lipinski definition) is 2. The SMILES string of the molecule is CNC(=O)[C@H](N[C@@H](CCc1ccc(C(F)(F)F)cc1)c1ccc(Cl)c(OC)c1)c1ccccc1. The lowest BCUT2D eigenvalue weighted by Gasteiger charge is -2.26. The maximum Gasteiger partial charge on any atom is 0.416 e. The number of benzene rings is 3. The lowest BCUT2D eigenvalue weighted by molar-refractivity contribution is -0.137. The van der Waals surface area contributed by atoms with Crippen LogP contribution in [0.2, 0.25) is 5.02 Å². The van der Waals surface area contributed by atoms with Crippen molar-refractivity contribution in [3.05, 3.63) is 100 Å². The van der Waals surface area contributed by atoms with Crippen LogP contribution in [-0.4, -0.2) is 20.1 Å². The van der Waals surface area contributed by atoms with E-state index >= 15 is 0 Å². The Morgan fingerprint density at radius 1 is 1.00 bits per heavy atom. The topological polar surface area (TPSA) is 50.4 Å². The molecule has 0 bridgehead atoms. The summed E-state index contributed by atoms with van der Waals surface area (Å²) < 4.78 is 44.1. The zero-order chi connectivity index (χ0) is 24.7. The quantitative estimate of drug-likeness (QED) is 0.380. The maximum atomic E-state index is 12.9. The fraction of sp³-hybridized carbons (Fsp3) is 0.269. The van der Waals surface area contributed by atoms with Crippen molar-refractivity contribution < 1.29 is 22.7 Å². The van der Waals surface area contributed by atoms with Crippen LogP contribution in [0, 0.1) is 0 Å². The number of alkyl halides is 3. The first kappa shape index (κ1) is 25.6. The molecule has 3 rings (SSSR count). The maximum absolute atomic E-state index is 12.9. The number of rotatable bonds is 9. The summed E-state index contributed by atoms with van der Waals surface area (Å²) in [6.45, 7) is 0. The molecule has 0 fully saturated rings. The Morgan fingerprint density at radius 2 is 1.68 bits per heavy atom. The van der Waals surface area contributed by atoms with Crippen molar-refractivity contribution in [3.8, 4) is 5.75 Å². The monoisotopic (exact) mass is 490 g/mol. The van der Waals surface area contributed by atoms with E-state index in [1.54, 1.807) is 19.2 Å². The Morgan fingerprint density at radius 3 is 2.26 bits per heavy atom. The van der Waals surface area contributed by atoms with Crippen molar-refractivity contribution in [2.45, 2.75) is 31.1 Å². The molecule has 3 aromatic carbocycles. The Labute approximate surface area is 202 Å². The largest absolute Gasteiger partial charge is 0.495 e. The standard InChI is InChI=1S/C26H26ClF3N2O2/c1-31-25(33)24(18-6-4-3-5-7-18)32-22(19-11-14-21(27)23(16-19)34-2)15-10-17-8-12-20(13-9-17)26(28,29)30/h3-9,11-14,16,22,24,32H,10,15H2,1-2H3,(H,31,33)/t22-,24+/m0/s1. The first-order valence-electron chi connectivity index (χ1n) is 10.7. The Hall–Kier alpha value is -3.03. The molecule has 0 saturated heterocycles. The number of halogens is 4. The molecule has 0 aliphatic rings. The second-order valence-corrected chi connectivity index (χ2v) is 8.21. The number of carbonyl (C=O) groups is 1. The highest BCUT2D eigenvalue weighted by Crippen LogP contribution is 2.32. The van der Waals surface area contributed by atoms with Gasteiger partial charge in [0, 0.05) is 13.1 Å². The number of amides is 1. The molecule has 0 heterocycles. The van der Waals surface area contributed by atoms with Gasteiger partial charge in [-0.05, 0) is 53.8 Å². The highest BCUT2D eigenvalue weighted by Gasteiger charge is 2.30. The summed E-state index contributed by atoms with van der Waals surface area (Å²) in [7, 11) is 3.09. The fourth-order valence-corrected chi connectivity index (χ4v) is 3.92. The van der Waals surface area contributed by atoms with Crippen molar-refractivity contribution >= 4 is 17.5 Å². The van der Waals surface area contributed by atoms with E-state index in [2.05, 4.69) is 10.6 Å². The van der Waals surface area contributed by atoms with Crippen LogP contribution in [0.4, 0.5) is 13.2 Å². The number of aryl methyl sites for hydroxylation is 1. The molecule has 0 aliphatic carbocycles. The molecule has 3 aromatic rings. The predicted molar refractivity (Wildman–Crippen MR) is 127 cm³/mol. The fourth-order valence-electron chi connectivity index (χ4n) is 3.73. The summed E-state index contributed by atoms with van der Waals surface area (Å²) >= 11 is 6.20. The molecule has 0 unspecified atom stereocenters. The van der Waals surface area contributed by atoms with Gasteiger partial charge in [0.15, 0.2) is 0 Å². The second kappa shape index (κ2) is 11.4. The summed E-state index contributed by atoms with van der Waals surface area (Å²) in [5, 5.41) is 6.57. The number of likely N-dealkylation sites (N-methyl/N-ethyl adjacent to an activating group) is 1. The molecule has 0 radical (unpaired) electrons. The van der Waals surface area contributed by atoms with Crippen LogP contribution in [0.25, 0.3) is 0 Å². The van der Waals surface area contributed by atoms with E-state index in [4.69, 9.17) is 16.3 Å². The van der Waals surface area contributed by atoms with Crippen molar-refractivity contribution in [2.24, 2.45) is 0 Å². The number of methoxy groups -OCH3 is 1.